The van der Waals surface area contributed by atoms with E-state index >= 15 is 0 Å². The molecule has 0 aliphatic carbocycles. The van der Waals surface area contributed by atoms with Gasteiger partial charge in [-0.15, -0.1) is 0 Å². The van der Waals surface area contributed by atoms with E-state index in [-0.39, 0.29) is 5.78 Å². The molecule has 0 saturated carbocycles. The van der Waals surface area contributed by atoms with Gasteiger partial charge in [-0.25, -0.2) is 0 Å². The van der Waals surface area contributed by atoms with Crippen LogP contribution in [0.3, 0.4) is 0 Å². The minimum atomic E-state index is 0.257. The van der Waals surface area contributed by atoms with Crippen LogP contribution in [0.5, 0.6) is 0 Å². The molecule has 0 saturated heterocycles. The number of ketones is 1. The maximum atomic E-state index is 10.9. The van der Waals surface area contributed by atoms with Crippen molar-refractivity contribution in [1.29, 1.82) is 0 Å². The summed E-state index contributed by atoms with van der Waals surface area (Å²) >= 11 is 0. The van der Waals surface area contributed by atoms with Crippen molar-refractivity contribution in [3.05, 3.63) is 35.4 Å². The molecule has 1 atom stereocenters. The van der Waals surface area contributed by atoms with Crippen molar-refractivity contribution in [3.8, 4) is 0 Å². The van der Waals surface area contributed by atoms with Crippen LogP contribution in [-0.2, 0) is 4.79 Å². The third-order valence-corrected chi connectivity index (χ3v) is 2.24. The fourth-order valence-electron chi connectivity index (χ4n) is 1.44. The molecule has 0 radical (unpaired) electrons. The van der Waals surface area contributed by atoms with Crippen molar-refractivity contribution in [2.75, 3.05) is 0 Å². The number of carbonyl (C=O) groups excluding carboxylic acids is 1. The number of carbonyl (C=O) groups is 1. The maximum absolute atomic E-state index is 10.9. The van der Waals surface area contributed by atoms with E-state index in [1.807, 2.05) is 13.8 Å². The molecule has 1 rings (SSSR count). The van der Waals surface area contributed by atoms with Gasteiger partial charge < -0.3 is 4.79 Å². The Hall–Kier alpha value is -1.11. The van der Waals surface area contributed by atoms with Gasteiger partial charge in [0.1, 0.15) is 5.78 Å². The smallest absolute Gasteiger partial charge is 0.130 e. The highest BCUT2D eigenvalue weighted by Crippen LogP contribution is 2.19. The largest absolute Gasteiger partial charge is 0.300 e. The highest BCUT2D eigenvalue weighted by Gasteiger charge is 2.06. The Balaban J connectivity index is 0.000000921. The Labute approximate surface area is 93.5 Å². The van der Waals surface area contributed by atoms with Gasteiger partial charge in [-0.2, -0.15) is 0 Å². The van der Waals surface area contributed by atoms with Crippen LogP contribution in [0.25, 0.3) is 0 Å². The molecule has 0 fully saturated rings. The number of rotatable bonds is 3. The van der Waals surface area contributed by atoms with Crippen LogP contribution < -0.4 is 0 Å². The van der Waals surface area contributed by atoms with E-state index in [1.54, 1.807) is 6.92 Å². The molecule has 15 heavy (non-hydrogen) atoms. The van der Waals surface area contributed by atoms with Crippen LogP contribution in [0.1, 0.15) is 51.2 Å². The van der Waals surface area contributed by atoms with E-state index in [2.05, 4.69) is 38.1 Å². The highest BCUT2D eigenvalue weighted by atomic mass is 16.1. The zero-order valence-corrected chi connectivity index (χ0v) is 10.5. The predicted molar refractivity (Wildman–Crippen MR) is 66.2 cm³/mol. The molecule has 0 aliphatic rings. The van der Waals surface area contributed by atoms with E-state index in [9.17, 15) is 4.79 Å². The van der Waals surface area contributed by atoms with Crippen molar-refractivity contribution < 1.29 is 4.79 Å². The zero-order chi connectivity index (χ0) is 11.8. The molecule has 0 heterocycles. The Morgan fingerprint density at radius 2 is 1.67 bits per heavy atom. The van der Waals surface area contributed by atoms with E-state index in [0.29, 0.717) is 12.3 Å². The lowest BCUT2D eigenvalue weighted by Gasteiger charge is -2.09. The molecular formula is C14H22O. The zero-order valence-electron chi connectivity index (χ0n) is 10.5. The maximum Gasteiger partial charge on any atom is 0.130 e. The molecule has 0 spiro atoms. The first kappa shape index (κ1) is 13.9. The molecule has 0 aromatic heterocycles. The number of benzene rings is 1. The van der Waals surface area contributed by atoms with E-state index in [0.717, 1.165) is 0 Å². The van der Waals surface area contributed by atoms with E-state index in [1.165, 1.54) is 11.1 Å². The number of hydrogen-bond acceptors (Lipinski definition) is 1. The molecule has 0 N–H and O–H groups in total. The number of hydrogen-bond donors (Lipinski definition) is 0. The van der Waals surface area contributed by atoms with Crippen molar-refractivity contribution >= 4 is 5.78 Å². The van der Waals surface area contributed by atoms with Gasteiger partial charge in [0, 0.05) is 6.42 Å². The molecule has 1 aromatic rings. The molecular weight excluding hydrogens is 184 g/mol. The van der Waals surface area contributed by atoms with Crippen LogP contribution in [0, 0.1) is 6.92 Å². The van der Waals surface area contributed by atoms with Crippen LogP contribution in [0.4, 0.5) is 0 Å². The third kappa shape index (κ3) is 5.36. The van der Waals surface area contributed by atoms with Gasteiger partial charge >= 0.3 is 0 Å². The van der Waals surface area contributed by atoms with Crippen molar-refractivity contribution in [3.63, 3.8) is 0 Å². The molecule has 1 heteroatoms. The first-order chi connectivity index (χ1) is 7.09. The minimum Gasteiger partial charge on any atom is -0.300 e. The minimum absolute atomic E-state index is 0.257. The standard InChI is InChI=1S/C12H16O.C2H6/c1-9-4-6-12(7-5-9)10(2)8-11(3)13;1-2/h4-7,10H,8H2,1-3H3;1-2H3. The third-order valence-electron chi connectivity index (χ3n) is 2.24. The lowest BCUT2D eigenvalue weighted by molar-refractivity contribution is -0.117. The molecule has 0 aliphatic heterocycles. The molecule has 0 bridgehead atoms. The average Bonchev–Trinajstić information content (AvgIpc) is 2.20. The lowest BCUT2D eigenvalue weighted by atomic mass is 9.95. The first-order valence-electron chi connectivity index (χ1n) is 5.65. The Kier molecular flexibility index (Phi) is 6.68. The Bertz CT molecular complexity index is 285. The van der Waals surface area contributed by atoms with Crippen LogP contribution in [0.15, 0.2) is 24.3 Å². The summed E-state index contributed by atoms with van der Waals surface area (Å²) in [5, 5.41) is 0. The molecule has 1 nitrogen and oxygen atoms in total. The topological polar surface area (TPSA) is 17.1 Å². The van der Waals surface area contributed by atoms with E-state index in [4.69, 9.17) is 0 Å². The summed E-state index contributed by atoms with van der Waals surface area (Å²) in [6.07, 6.45) is 0.642. The predicted octanol–water partition coefficient (Wildman–Crippen LogP) is 4.10. The second-order valence-electron chi connectivity index (χ2n) is 3.72. The fraction of sp³-hybridized carbons (Fsp3) is 0.500. The normalized spacial score (nSPS) is 11.3. The second-order valence-corrected chi connectivity index (χ2v) is 3.72. The summed E-state index contributed by atoms with van der Waals surface area (Å²) in [6.45, 7) is 9.80. The van der Waals surface area contributed by atoms with Crippen molar-refractivity contribution in [2.45, 2.75) is 47.0 Å². The SMILES string of the molecule is CC.CC(=O)CC(C)c1ccc(C)cc1. The van der Waals surface area contributed by atoms with Crippen molar-refractivity contribution in [1.82, 2.24) is 0 Å². The van der Waals surface area contributed by atoms with Crippen LogP contribution in [-0.4, -0.2) is 5.78 Å². The highest BCUT2D eigenvalue weighted by molar-refractivity contribution is 5.76. The monoisotopic (exact) mass is 206 g/mol. The summed E-state index contributed by atoms with van der Waals surface area (Å²) in [7, 11) is 0. The van der Waals surface area contributed by atoms with Crippen LogP contribution in [0.2, 0.25) is 0 Å². The fourth-order valence-corrected chi connectivity index (χ4v) is 1.44. The quantitative estimate of drug-likeness (QED) is 0.727. The van der Waals surface area contributed by atoms with Gasteiger partial charge in [0.25, 0.3) is 0 Å². The van der Waals surface area contributed by atoms with Gasteiger partial charge in [-0.1, -0.05) is 50.6 Å². The Morgan fingerprint density at radius 1 is 1.20 bits per heavy atom. The molecule has 1 aromatic carbocycles. The van der Waals surface area contributed by atoms with Crippen molar-refractivity contribution in [2.24, 2.45) is 0 Å². The average molecular weight is 206 g/mol. The number of aryl methyl sites for hydroxylation is 1. The summed E-state index contributed by atoms with van der Waals surface area (Å²) in [4.78, 5) is 10.9. The molecule has 1 unspecified atom stereocenters. The molecule has 84 valence electrons. The molecule has 0 amide bonds. The summed E-state index contributed by atoms with van der Waals surface area (Å²) in [6, 6.07) is 8.38. The number of Topliss-reactive ketones (excluding diaryl/α,β-unsaturated/α-hetero) is 1. The van der Waals surface area contributed by atoms with Gasteiger partial charge in [0.05, 0.1) is 0 Å². The lowest BCUT2D eigenvalue weighted by Crippen LogP contribution is -1.99. The van der Waals surface area contributed by atoms with Gasteiger partial charge in [-0.3, -0.25) is 0 Å². The summed E-state index contributed by atoms with van der Waals surface area (Å²) in [5.41, 5.74) is 2.51. The summed E-state index contributed by atoms with van der Waals surface area (Å²) in [5.74, 6) is 0.603. The second kappa shape index (κ2) is 7.22. The Morgan fingerprint density at radius 3 is 2.07 bits per heavy atom. The van der Waals surface area contributed by atoms with Gasteiger partial charge in [-0.05, 0) is 25.3 Å². The first-order valence-corrected chi connectivity index (χ1v) is 5.65. The van der Waals surface area contributed by atoms with Gasteiger partial charge in [0.2, 0.25) is 0 Å². The summed E-state index contributed by atoms with van der Waals surface area (Å²) < 4.78 is 0. The van der Waals surface area contributed by atoms with Gasteiger partial charge in [0.15, 0.2) is 0 Å². The van der Waals surface area contributed by atoms with Crippen LogP contribution >= 0.6 is 0 Å². The van der Waals surface area contributed by atoms with E-state index < -0.39 is 0 Å².